The van der Waals surface area contributed by atoms with Crippen molar-refractivity contribution >= 4 is 0 Å². The monoisotopic (exact) mass is 279 g/mol. The van der Waals surface area contributed by atoms with Crippen LogP contribution in [0.25, 0.3) is 11.5 Å². The van der Waals surface area contributed by atoms with Gasteiger partial charge < -0.3 is 9.15 Å². The van der Waals surface area contributed by atoms with Gasteiger partial charge in [-0.25, -0.2) is 4.98 Å². The van der Waals surface area contributed by atoms with E-state index in [1.807, 2.05) is 61.5 Å². The molecular formula is C18H17NO2. The van der Waals surface area contributed by atoms with E-state index in [2.05, 4.69) is 11.9 Å². The summed E-state index contributed by atoms with van der Waals surface area (Å²) in [5.41, 5.74) is 1.97. The SMILES string of the molecule is CCc1nc(-c2ccc(Oc3ccccc3)cc2)oc1C. The van der Waals surface area contributed by atoms with E-state index in [9.17, 15) is 0 Å². The summed E-state index contributed by atoms with van der Waals surface area (Å²) in [5, 5.41) is 0. The number of aryl methyl sites for hydroxylation is 2. The lowest BCUT2D eigenvalue weighted by atomic mass is 10.2. The molecule has 0 saturated carbocycles. The molecule has 0 aliphatic rings. The Hall–Kier alpha value is -2.55. The van der Waals surface area contributed by atoms with Crippen LogP contribution >= 0.6 is 0 Å². The fourth-order valence-corrected chi connectivity index (χ4v) is 2.17. The van der Waals surface area contributed by atoms with Crippen molar-refractivity contribution < 1.29 is 9.15 Å². The largest absolute Gasteiger partial charge is 0.457 e. The van der Waals surface area contributed by atoms with Crippen molar-refractivity contribution in [3.8, 4) is 23.0 Å². The number of aromatic nitrogens is 1. The average Bonchev–Trinajstić information content (AvgIpc) is 2.90. The topological polar surface area (TPSA) is 35.3 Å². The van der Waals surface area contributed by atoms with E-state index in [1.165, 1.54) is 0 Å². The van der Waals surface area contributed by atoms with Crippen molar-refractivity contribution in [2.75, 3.05) is 0 Å². The standard InChI is InChI=1S/C18H17NO2/c1-3-17-13(2)20-18(19-17)14-9-11-16(12-10-14)21-15-7-5-4-6-8-15/h4-12H,3H2,1-2H3. The molecule has 0 bridgehead atoms. The zero-order chi connectivity index (χ0) is 14.7. The highest BCUT2D eigenvalue weighted by molar-refractivity contribution is 5.55. The molecule has 3 rings (SSSR count). The first kappa shape index (κ1) is 13.4. The van der Waals surface area contributed by atoms with Crippen LogP contribution in [0.15, 0.2) is 59.0 Å². The maximum Gasteiger partial charge on any atom is 0.226 e. The molecule has 21 heavy (non-hydrogen) atoms. The molecule has 0 unspecified atom stereocenters. The number of hydrogen-bond donors (Lipinski definition) is 0. The highest BCUT2D eigenvalue weighted by Crippen LogP contribution is 2.26. The van der Waals surface area contributed by atoms with Gasteiger partial charge in [0.25, 0.3) is 0 Å². The van der Waals surface area contributed by atoms with E-state index in [-0.39, 0.29) is 0 Å². The highest BCUT2D eigenvalue weighted by Gasteiger charge is 2.10. The molecule has 0 spiro atoms. The molecule has 0 radical (unpaired) electrons. The first-order valence-electron chi connectivity index (χ1n) is 7.06. The predicted molar refractivity (Wildman–Crippen MR) is 82.6 cm³/mol. The van der Waals surface area contributed by atoms with Crippen LogP contribution in [0, 0.1) is 6.92 Å². The lowest BCUT2D eigenvalue weighted by Crippen LogP contribution is -1.85. The van der Waals surface area contributed by atoms with E-state index in [1.54, 1.807) is 0 Å². The van der Waals surface area contributed by atoms with Gasteiger partial charge in [0.2, 0.25) is 5.89 Å². The van der Waals surface area contributed by atoms with Crippen molar-refractivity contribution in [1.82, 2.24) is 4.98 Å². The van der Waals surface area contributed by atoms with Crippen molar-refractivity contribution in [3.05, 3.63) is 66.1 Å². The third-order valence-corrected chi connectivity index (χ3v) is 3.31. The van der Waals surface area contributed by atoms with Crippen molar-refractivity contribution in [2.24, 2.45) is 0 Å². The Morgan fingerprint density at radius 2 is 1.62 bits per heavy atom. The number of rotatable bonds is 4. The molecule has 0 aliphatic heterocycles. The molecule has 1 heterocycles. The number of benzene rings is 2. The molecule has 3 aromatic rings. The minimum atomic E-state index is 0.663. The van der Waals surface area contributed by atoms with Gasteiger partial charge in [-0.05, 0) is 49.7 Å². The first-order valence-corrected chi connectivity index (χ1v) is 7.06. The molecule has 0 aliphatic carbocycles. The third kappa shape index (κ3) is 2.97. The van der Waals surface area contributed by atoms with Gasteiger partial charge in [-0.3, -0.25) is 0 Å². The summed E-state index contributed by atoms with van der Waals surface area (Å²) in [6, 6.07) is 17.5. The summed E-state index contributed by atoms with van der Waals surface area (Å²) in [6.07, 6.45) is 0.879. The maximum absolute atomic E-state index is 5.77. The number of nitrogens with zero attached hydrogens (tertiary/aromatic N) is 1. The Kier molecular flexibility index (Phi) is 3.73. The Balaban J connectivity index is 1.80. The number of oxazole rings is 1. The molecule has 0 fully saturated rings. The van der Waals surface area contributed by atoms with Gasteiger partial charge in [0, 0.05) is 5.56 Å². The molecule has 106 valence electrons. The summed E-state index contributed by atoms with van der Waals surface area (Å²) in [5.74, 6) is 3.17. The molecular weight excluding hydrogens is 262 g/mol. The summed E-state index contributed by atoms with van der Waals surface area (Å²) < 4.78 is 11.5. The van der Waals surface area contributed by atoms with E-state index >= 15 is 0 Å². The average molecular weight is 279 g/mol. The van der Waals surface area contributed by atoms with Crippen LogP contribution < -0.4 is 4.74 Å². The molecule has 3 heteroatoms. The van der Waals surface area contributed by atoms with Crippen LogP contribution in [-0.4, -0.2) is 4.98 Å². The van der Waals surface area contributed by atoms with Crippen molar-refractivity contribution in [3.63, 3.8) is 0 Å². The molecule has 2 aromatic carbocycles. The second-order valence-electron chi connectivity index (χ2n) is 4.81. The van der Waals surface area contributed by atoms with Gasteiger partial charge >= 0.3 is 0 Å². The lowest BCUT2D eigenvalue weighted by Gasteiger charge is -2.05. The fraction of sp³-hybridized carbons (Fsp3) is 0.167. The van der Waals surface area contributed by atoms with Gasteiger partial charge in [-0.2, -0.15) is 0 Å². The zero-order valence-electron chi connectivity index (χ0n) is 12.2. The predicted octanol–water partition coefficient (Wildman–Crippen LogP) is 5.00. The van der Waals surface area contributed by atoms with Gasteiger partial charge in [0.15, 0.2) is 0 Å². The van der Waals surface area contributed by atoms with Gasteiger partial charge in [0.05, 0.1) is 5.69 Å². The van der Waals surface area contributed by atoms with Crippen LogP contribution in [0.3, 0.4) is 0 Å². The third-order valence-electron chi connectivity index (χ3n) is 3.31. The van der Waals surface area contributed by atoms with Crippen molar-refractivity contribution in [1.29, 1.82) is 0 Å². The van der Waals surface area contributed by atoms with Crippen LogP contribution in [0.5, 0.6) is 11.5 Å². The number of hydrogen-bond acceptors (Lipinski definition) is 3. The Morgan fingerprint density at radius 3 is 2.24 bits per heavy atom. The minimum absolute atomic E-state index is 0.663. The molecule has 0 amide bonds. The quantitative estimate of drug-likeness (QED) is 0.673. The minimum Gasteiger partial charge on any atom is -0.457 e. The van der Waals surface area contributed by atoms with Gasteiger partial charge in [0.1, 0.15) is 17.3 Å². The van der Waals surface area contributed by atoms with E-state index in [0.717, 1.165) is 34.9 Å². The number of ether oxygens (including phenoxy) is 1. The molecule has 0 N–H and O–H groups in total. The second kappa shape index (κ2) is 5.83. The maximum atomic E-state index is 5.77. The summed E-state index contributed by atoms with van der Waals surface area (Å²) in [4.78, 5) is 4.50. The highest BCUT2D eigenvalue weighted by atomic mass is 16.5. The summed E-state index contributed by atoms with van der Waals surface area (Å²) in [6.45, 7) is 4.02. The fourth-order valence-electron chi connectivity index (χ4n) is 2.17. The van der Waals surface area contributed by atoms with E-state index < -0.39 is 0 Å². The molecule has 0 atom stereocenters. The summed E-state index contributed by atoms with van der Waals surface area (Å²) >= 11 is 0. The van der Waals surface area contributed by atoms with Gasteiger partial charge in [-0.1, -0.05) is 25.1 Å². The van der Waals surface area contributed by atoms with Crippen LogP contribution in [-0.2, 0) is 6.42 Å². The molecule has 0 saturated heterocycles. The van der Waals surface area contributed by atoms with Crippen molar-refractivity contribution in [2.45, 2.75) is 20.3 Å². The lowest BCUT2D eigenvalue weighted by molar-refractivity contribution is 0.482. The normalized spacial score (nSPS) is 10.6. The zero-order valence-corrected chi connectivity index (χ0v) is 12.2. The molecule has 1 aromatic heterocycles. The van der Waals surface area contributed by atoms with Gasteiger partial charge in [-0.15, -0.1) is 0 Å². The van der Waals surface area contributed by atoms with E-state index in [0.29, 0.717) is 5.89 Å². The molecule has 3 nitrogen and oxygen atoms in total. The van der Waals surface area contributed by atoms with Crippen LogP contribution in [0.1, 0.15) is 18.4 Å². The second-order valence-corrected chi connectivity index (χ2v) is 4.81. The van der Waals surface area contributed by atoms with E-state index in [4.69, 9.17) is 9.15 Å². The van der Waals surface area contributed by atoms with Crippen LogP contribution in [0.2, 0.25) is 0 Å². The summed E-state index contributed by atoms with van der Waals surface area (Å²) in [7, 11) is 0. The smallest absolute Gasteiger partial charge is 0.226 e. The Morgan fingerprint density at radius 1 is 0.952 bits per heavy atom. The Bertz CT molecular complexity index is 715. The van der Waals surface area contributed by atoms with Crippen LogP contribution in [0.4, 0.5) is 0 Å². The first-order chi connectivity index (χ1) is 10.3. The number of para-hydroxylation sites is 1. The Labute approximate surface area is 124 Å².